The number of rotatable bonds is 7. The maximum atomic E-state index is 12.6. The molecule has 1 aliphatic rings. The summed E-state index contributed by atoms with van der Waals surface area (Å²) in [6.45, 7) is 6.58. The van der Waals surface area contributed by atoms with Gasteiger partial charge in [-0.05, 0) is 68.5 Å². The zero-order valence-corrected chi connectivity index (χ0v) is 16.7. The Morgan fingerprint density at radius 2 is 2.00 bits per heavy atom. The molecule has 1 aliphatic heterocycles. The number of nitrogens with zero attached hydrogens (tertiary/aromatic N) is 2. The summed E-state index contributed by atoms with van der Waals surface area (Å²) in [6, 6.07) is 10.9. The van der Waals surface area contributed by atoms with E-state index in [4.69, 9.17) is 4.74 Å². The zero-order chi connectivity index (χ0) is 19.3. The summed E-state index contributed by atoms with van der Waals surface area (Å²) < 4.78 is 33.5. The maximum absolute atomic E-state index is 12.6. The second kappa shape index (κ2) is 8.71. The van der Waals surface area contributed by atoms with Crippen LogP contribution < -0.4 is 14.4 Å². The third-order valence-corrected chi connectivity index (χ3v) is 6.33. The van der Waals surface area contributed by atoms with Crippen LogP contribution in [0.25, 0.3) is 0 Å². The molecule has 3 rings (SSSR count). The van der Waals surface area contributed by atoms with E-state index in [1.165, 1.54) is 0 Å². The molecule has 1 fully saturated rings. The van der Waals surface area contributed by atoms with Gasteiger partial charge < -0.3 is 9.64 Å². The lowest BCUT2D eigenvalue weighted by molar-refractivity contribution is 0.337. The largest absolute Gasteiger partial charge is 0.494 e. The average Bonchev–Trinajstić information content (AvgIpc) is 2.69. The van der Waals surface area contributed by atoms with Crippen LogP contribution in [0.2, 0.25) is 0 Å². The van der Waals surface area contributed by atoms with Gasteiger partial charge in [-0.15, -0.1) is 0 Å². The predicted octanol–water partition coefficient (Wildman–Crippen LogP) is 2.98. The van der Waals surface area contributed by atoms with Gasteiger partial charge in [0, 0.05) is 25.8 Å². The van der Waals surface area contributed by atoms with Gasteiger partial charge in [0.05, 0.1) is 11.5 Å². The third-order valence-electron chi connectivity index (χ3n) is 4.91. The number of ether oxygens (including phenoxy) is 1. The average molecular weight is 390 g/mol. The number of anilines is 1. The minimum atomic E-state index is -3.51. The second-order valence-corrected chi connectivity index (χ2v) is 8.60. The topological polar surface area (TPSA) is 71.5 Å². The number of hydrogen-bond donors (Lipinski definition) is 1. The van der Waals surface area contributed by atoms with Crippen LogP contribution in [-0.4, -0.2) is 39.6 Å². The van der Waals surface area contributed by atoms with E-state index in [1.54, 1.807) is 24.4 Å². The number of sulfonamides is 1. The van der Waals surface area contributed by atoms with E-state index in [0.717, 1.165) is 43.1 Å². The van der Waals surface area contributed by atoms with Crippen molar-refractivity contribution in [1.29, 1.82) is 0 Å². The molecule has 1 aromatic carbocycles. The van der Waals surface area contributed by atoms with Gasteiger partial charge in [0.15, 0.2) is 0 Å². The first-order valence-electron chi connectivity index (χ1n) is 9.38. The molecule has 146 valence electrons. The Kier molecular flexibility index (Phi) is 6.34. The van der Waals surface area contributed by atoms with Crippen LogP contribution in [0, 0.1) is 12.8 Å². The Balaban J connectivity index is 1.54. The molecule has 2 heterocycles. The van der Waals surface area contributed by atoms with Crippen molar-refractivity contribution in [2.24, 2.45) is 5.92 Å². The van der Waals surface area contributed by atoms with Gasteiger partial charge in [-0.3, -0.25) is 0 Å². The fraction of sp³-hybridized carbons (Fsp3) is 0.450. The number of nitrogens with one attached hydrogen (secondary N) is 1. The lowest BCUT2D eigenvalue weighted by atomic mass is 9.97. The molecule has 2 aromatic rings. The summed E-state index contributed by atoms with van der Waals surface area (Å²) in [5.41, 5.74) is 0.823. The molecule has 7 heteroatoms. The molecule has 0 aliphatic carbocycles. The molecule has 6 nitrogen and oxygen atoms in total. The molecule has 0 atom stereocenters. The third kappa shape index (κ3) is 4.99. The van der Waals surface area contributed by atoms with Gasteiger partial charge in [-0.2, -0.15) is 0 Å². The van der Waals surface area contributed by atoms with Crippen molar-refractivity contribution in [2.75, 3.05) is 31.1 Å². The molecular weight excluding hydrogens is 362 g/mol. The minimum Gasteiger partial charge on any atom is -0.494 e. The lowest BCUT2D eigenvalue weighted by Crippen LogP contribution is -2.39. The van der Waals surface area contributed by atoms with Gasteiger partial charge in [0.25, 0.3) is 0 Å². The van der Waals surface area contributed by atoms with Crippen molar-refractivity contribution >= 4 is 15.8 Å². The van der Waals surface area contributed by atoms with Crippen molar-refractivity contribution < 1.29 is 13.2 Å². The number of aryl methyl sites for hydroxylation is 1. The number of pyridine rings is 1. The van der Waals surface area contributed by atoms with E-state index in [2.05, 4.69) is 14.6 Å². The molecule has 0 radical (unpaired) electrons. The van der Waals surface area contributed by atoms with Crippen LogP contribution in [0.3, 0.4) is 0 Å². The molecule has 1 aromatic heterocycles. The molecule has 1 N–H and O–H groups in total. The summed E-state index contributed by atoms with van der Waals surface area (Å²) in [5, 5.41) is 0. The van der Waals surface area contributed by atoms with Gasteiger partial charge in [-0.25, -0.2) is 18.1 Å². The van der Waals surface area contributed by atoms with E-state index in [-0.39, 0.29) is 4.90 Å². The normalized spacial score (nSPS) is 15.7. The van der Waals surface area contributed by atoms with Gasteiger partial charge in [0.2, 0.25) is 10.0 Å². The number of hydrogen-bond acceptors (Lipinski definition) is 5. The van der Waals surface area contributed by atoms with E-state index in [0.29, 0.717) is 19.1 Å². The highest BCUT2D eigenvalue weighted by Crippen LogP contribution is 2.23. The highest BCUT2D eigenvalue weighted by Gasteiger charge is 2.23. The van der Waals surface area contributed by atoms with Crippen molar-refractivity contribution in [3.05, 3.63) is 48.2 Å². The Labute approximate surface area is 161 Å². The molecule has 0 saturated carbocycles. The predicted molar refractivity (Wildman–Crippen MR) is 107 cm³/mol. The number of aromatic nitrogens is 1. The number of benzene rings is 1. The van der Waals surface area contributed by atoms with Crippen molar-refractivity contribution in [2.45, 2.75) is 31.6 Å². The van der Waals surface area contributed by atoms with Crippen LogP contribution in [0.1, 0.15) is 25.3 Å². The summed E-state index contributed by atoms with van der Waals surface area (Å²) in [5.74, 6) is 2.04. The fourth-order valence-corrected chi connectivity index (χ4v) is 4.53. The molecule has 0 spiro atoms. The van der Waals surface area contributed by atoms with E-state index in [9.17, 15) is 8.42 Å². The first-order chi connectivity index (χ1) is 13.0. The van der Waals surface area contributed by atoms with E-state index < -0.39 is 10.0 Å². The maximum Gasteiger partial charge on any atom is 0.240 e. The zero-order valence-electron chi connectivity index (χ0n) is 15.9. The van der Waals surface area contributed by atoms with Crippen LogP contribution >= 0.6 is 0 Å². The molecule has 1 saturated heterocycles. The van der Waals surface area contributed by atoms with Gasteiger partial charge in [0.1, 0.15) is 11.6 Å². The van der Waals surface area contributed by atoms with Gasteiger partial charge in [-0.1, -0.05) is 6.07 Å². The number of piperidine rings is 1. The summed E-state index contributed by atoms with van der Waals surface area (Å²) in [6.07, 6.45) is 3.69. The fourth-order valence-electron chi connectivity index (χ4n) is 3.32. The standard InChI is InChI=1S/C20H27N3O3S/c1-3-26-19-8-7-18(14-16(19)2)27(24,25)22-15-17-9-12-23(13-10-17)20-6-4-5-11-21-20/h4-8,11,14,17,22H,3,9-10,12-13,15H2,1-2H3. The monoisotopic (exact) mass is 389 g/mol. The minimum absolute atomic E-state index is 0.286. The quantitative estimate of drug-likeness (QED) is 0.788. The second-order valence-electron chi connectivity index (χ2n) is 6.83. The van der Waals surface area contributed by atoms with Crippen LogP contribution in [-0.2, 0) is 10.0 Å². The summed E-state index contributed by atoms with van der Waals surface area (Å²) in [4.78, 5) is 6.92. The molecule has 0 unspecified atom stereocenters. The van der Waals surface area contributed by atoms with Crippen LogP contribution in [0.5, 0.6) is 5.75 Å². The van der Waals surface area contributed by atoms with Gasteiger partial charge >= 0.3 is 0 Å². The Morgan fingerprint density at radius 1 is 1.22 bits per heavy atom. The first kappa shape index (κ1) is 19.6. The molecular formula is C20H27N3O3S. The summed E-state index contributed by atoms with van der Waals surface area (Å²) >= 11 is 0. The molecule has 0 amide bonds. The van der Waals surface area contributed by atoms with E-state index >= 15 is 0 Å². The van der Waals surface area contributed by atoms with Crippen LogP contribution in [0.15, 0.2) is 47.5 Å². The SMILES string of the molecule is CCOc1ccc(S(=O)(=O)NCC2CCN(c3ccccn3)CC2)cc1C. The summed E-state index contributed by atoms with van der Waals surface area (Å²) in [7, 11) is -3.51. The Bertz CT molecular complexity index is 848. The highest BCUT2D eigenvalue weighted by atomic mass is 32.2. The Morgan fingerprint density at radius 3 is 2.63 bits per heavy atom. The highest BCUT2D eigenvalue weighted by molar-refractivity contribution is 7.89. The Hall–Kier alpha value is -2.12. The van der Waals surface area contributed by atoms with Crippen molar-refractivity contribution in [3.8, 4) is 5.75 Å². The molecule has 27 heavy (non-hydrogen) atoms. The van der Waals surface area contributed by atoms with Crippen molar-refractivity contribution in [3.63, 3.8) is 0 Å². The van der Waals surface area contributed by atoms with Crippen molar-refractivity contribution in [1.82, 2.24) is 9.71 Å². The van der Waals surface area contributed by atoms with Crippen LogP contribution in [0.4, 0.5) is 5.82 Å². The molecule has 0 bridgehead atoms. The van der Waals surface area contributed by atoms with E-state index in [1.807, 2.05) is 32.0 Å². The first-order valence-corrected chi connectivity index (χ1v) is 10.9. The lowest BCUT2D eigenvalue weighted by Gasteiger charge is -2.32. The smallest absolute Gasteiger partial charge is 0.240 e.